The molecule has 0 spiro atoms. The predicted molar refractivity (Wildman–Crippen MR) is 141 cm³/mol. The van der Waals surface area contributed by atoms with Crippen molar-refractivity contribution in [1.82, 2.24) is 14.8 Å². The third-order valence-electron chi connectivity index (χ3n) is 6.29. The first kappa shape index (κ1) is 26.3. The number of alkyl halides is 3. The van der Waals surface area contributed by atoms with Crippen LogP contribution in [-0.2, 0) is 12.6 Å². The SMILES string of the molecule is N#Cc1cccc(-n2cc(C(=O)Nc3cc(Cc4cccnc4NCC4CC4)ccc3Cl)c(C(F)(F)F)n2)c1. The van der Waals surface area contributed by atoms with Crippen molar-refractivity contribution in [2.75, 3.05) is 17.2 Å². The molecule has 1 saturated carbocycles. The number of aromatic nitrogens is 3. The van der Waals surface area contributed by atoms with Crippen molar-refractivity contribution in [3.05, 3.63) is 100.0 Å². The highest BCUT2D eigenvalue weighted by molar-refractivity contribution is 6.34. The molecule has 0 saturated heterocycles. The average molecular weight is 551 g/mol. The Balaban J connectivity index is 1.40. The number of nitrogens with one attached hydrogen (secondary N) is 2. The van der Waals surface area contributed by atoms with Gasteiger partial charge in [0.1, 0.15) is 5.82 Å². The lowest BCUT2D eigenvalue weighted by Gasteiger charge is -2.13. The molecule has 2 aromatic heterocycles. The number of hydrogen-bond acceptors (Lipinski definition) is 5. The third-order valence-corrected chi connectivity index (χ3v) is 6.62. The third kappa shape index (κ3) is 6.21. The summed E-state index contributed by atoms with van der Waals surface area (Å²) < 4.78 is 42.4. The minimum absolute atomic E-state index is 0.169. The Morgan fingerprint density at radius 1 is 1.15 bits per heavy atom. The van der Waals surface area contributed by atoms with Crippen LogP contribution in [0.1, 0.15) is 45.6 Å². The van der Waals surface area contributed by atoms with Gasteiger partial charge in [-0.2, -0.15) is 23.5 Å². The average Bonchev–Trinajstić information content (AvgIpc) is 3.63. The summed E-state index contributed by atoms with van der Waals surface area (Å²) in [5.74, 6) is 0.420. The zero-order valence-electron chi connectivity index (χ0n) is 20.5. The smallest absolute Gasteiger partial charge is 0.370 e. The van der Waals surface area contributed by atoms with E-state index in [1.54, 1.807) is 24.4 Å². The summed E-state index contributed by atoms with van der Waals surface area (Å²) >= 11 is 6.30. The Bertz CT molecular complexity index is 1570. The molecule has 198 valence electrons. The molecule has 4 aromatic rings. The Morgan fingerprint density at radius 2 is 1.97 bits per heavy atom. The number of hydrogen-bond donors (Lipinski definition) is 2. The van der Waals surface area contributed by atoms with Crippen molar-refractivity contribution in [3.8, 4) is 11.8 Å². The molecule has 2 aromatic carbocycles. The highest BCUT2D eigenvalue weighted by atomic mass is 35.5. The highest BCUT2D eigenvalue weighted by Gasteiger charge is 2.39. The lowest BCUT2D eigenvalue weighted by molar-refractivity contribution is -0.141. The van der Waals surface area contributed by atoms with Crippen molar-refractivity contribution in [2.24, 2.45) is 5.92 Å². The van der Waals surface area contributed by atoms with Gasteiger partial charge in [-0.1, -0.05) is 29.8 Å². The van der Waals surface area contributed by atoms with Gasteiger partial charge in [-0.05, 0) is 66.3 Å². The Hall–Kier alpha value is -4.36. The largest absolute Gasteiger partial charge is 0.435 e. The molecule has 0 unspecified atom stereocenters. The van der Waals surface area contributed by atoms with E-state index < -0.39 is 23.3 Å². The number of amides is 1. The summed E-state index contributed by atoms with van der Waals surface area (Å²) in [6, 6.07) is 16.6. The standard InChI is InChI=1S/C28H22ClF3N6O/c29-23-9-8-18(11-20-4-2-10-34-26(20)35-15-17-6-7-17)13-24(23)36-27(39)22-16-38(37-25(22)28(30,31)32)21-5-1-3-19(12-21)14-33/h1-5,8-10,12-13,16-17H,6-7,11,15H2,(H,34,35)(H,36,39). The van der Waals surface area contributed by atoms with E-state index in [2.05, 4.69) is 20.7 Å². The van der Waals surface area contributed by atoms with Crippen molar-refractivity contribution in [2.45, 2.75) is 25.4 Å². The lowest BCUT2D eigenvalue weighted by atomic mass is 10.0. The van der Waals surface area contributed by atoms with E-state index in [-0.39, 0.29) is 22.0 Å². The predicted octanol–water partition coefficient (Wildman–Crippen LogP) is 6.48. The molecular weight excluding hydrogens is 529 g/mol. The van der Waals surface area contributed by atoms with Crippen molar-refractivity contribution in [1.29, 1.82) is 5.26 Å². The fraction of sp³-hybridized carbons (Fsp3) is 0.214. The monoisotopic (exact) mass is 550 g/mol. The van der Waals surface area contributed by atoms with Crippen molar-refractivity contribution in [3.63, 3.8) is 0 Å². The topological polar surface area (TPSA) is 95.6 Å². The fourth-order valence-corrected chi connectivity index (χ4v) is 4.26. The molecule has 2 heterocycles. The molecule has 5 rings (SSSR count). The molecule has 0 radical (unpaired) electrons. The van der Waals surface area contributed by atoms with E-state index in [0.717, 1.165) is 34.4 Å². The molecule has 39 heavy (non-hydrogen) atoms. The van der Waals surface area contributed by atoms with E-state index in [1.165, 1.54) is 37.1 Å². The van der Waals surface area contributed by atoms with Gasteiger partial charge >= 0.3 is 6.18 Å². The summed E-state index contributed by atoms with van der Waals surface area (Å²) in [4.78, 5) is 17.5. The van der Waals surface area contributed by atoms with Crippen LogP contribution in [0.25, 0.3) is 5.69 Å². The van der Waals surface area contributed by atoms with E-state index in [4.69, 9.17) is 16.9 Å². The molecule has 0 atom stereocenters. The maximum atomic E-state index is 13.8. The van der Waals surface area contributed by atoms with Gasteiger partial charge in [0, 0.05) is 25.4 Å². The molecule has 1 fully saturated rings. The zero-order valence-corrected chi connectivity index (χ0v) is 21.2. The number of benzene rings is 2. The summed E-state index contributed by atoms with van der Waals surface area (Å²) in [5, 5.41) is 18.8. The van der Waals surface area contributed by atoms with Gasteiger partial charge in [0.15, 0.2) is 5.69 Å². The van der Waals surface area contributed by atoms with Crippen LogP contribution >= 0.6 is 11.6 Å². The first-order valence-electron chi connectivity index (χ1n) is 12.2. The number of pyridine rings is 1. The van der Waals surface area contributed by atoms with Crippen LogP contribution in [0.5, 0.6) is 0 Å². The number of halogens is 4. The van der Waals surface area contributed by atoms with Crippen molar-refractivity contribution < 1.29 is 18.0 Å². The maximum absolute atomic E-state index is 13.8. The normalized spacial score (nSPS) is 13.1. The Kier molecular flexibility index (Phi) is 7.26. The van der Waals surface area contributed by atoms with Crippen LogP contribution in [0.4, 0.5) is 24.7 Å². The second kappa shape index (κ2) is 10.8. The molecule has 7 nitrogen and oxygen atoms in total. The summed E-state index contributed by atoms with van der Waals surface area (Å²) in [7, 11) is 0. The molecule has 1 amide bonds. The second-order valence-corrected chi connectivity index (χ2v) is 9.68. The molecular formula is C28H22ClF3N6O. The number of carbonyl (C=O) groups is 1. The van der Waals surface area contributed by atoms with E-state index >= 15 is 0 Å². The van der Waals surface area contributed by atoms with Gasteiger partial charge < -0.3 is 10.6 Å². The van der Waals surface area contributed by atoms with Gasteiger partial charge in [0.05, 0.1) is 33.6 Å². The molecule has 11 heteroatoms. The first-order valence-corrected chi connectivity index (χ1v) is 12.5. The van der Waals surface area contributed by atoms with E-state index in [1.807, 2.05) is 18.2 Å². The number of anilines is 2. The maximum Gasteiger partial charge on any atom is 0.435 e. The van der Waals surface area contributed by atoms with Crippen LogP contribution in [-0.4, -0.2) is 27.2 Å². The highest BCUT2D eigenvalue weighted by Crippen LogP contribution is 2.33. The van der Waals surface area contributed by atoms with Crippen LogP contribution in [0, 0.1) is 17.2 Å². The first-order chi connectivity index (χ1) is 18.7. The van der Waals surface area contributed by atoms with Crippen molar-refractivity contribution >= 4 is 29.0 Å². The van der Waals surface area contributed by atoms with Gasteiger partial charge in [-0.25, -0.2) is 9.67 Å². The lowest BCUT2D eigenvalue weighted by Crippen LogP contribution is -2.18. The van der Waals surface area contributed by atoms with E-state index in [0.29, 0.717) is 12.3 Å². The number of rotatable bonds is 8. The minimum atomic E-state index is -4.89. The minimum Gasteiger partial charge on any atom is -0.370 e. The summed E-state index contributed by atoms with van der Waals surface area (Å²) in [5.41, 5.74) is 0.325. The fourth-order valence-electron chi connectivity index (χ4n) is 4.09. The van der Waals surface area contributed by atoms with Gasteiger partial charge in [0.2, 0.25) is 0 Å². The number of carbonyl (C=O) groups excluding carboxylic acids is 1. The van der Waals surface area contributed by atoms with Crippen LogP contribution in [0.3, 0.4) is 0 Å². The quantitative estimate of drug-likeness (QED) is 0.262. The number of nitrogens with zero attached hydrogens (tertiary/aromatic N) is 4. The molecule has 0 aliphatic heterocycles. The van der Waals surface area contributed by atoms with Gasteiger partial charge in [-0.3, -0.25) is 4.79 Å². The molecule has 1 aliphatic carbocycles. The van der Waals surface area contributed by atoms with Crippen LogP contribution in [0.2, 0.25) is 5.02 Å². The summed E-state index contributed by atoms with van der Waals surface area (Å²) in [6.45, 7) is 0.849. The second-order valence-electron chi connectivity index (χ2n) is 9.28. The summed E-state index contributed by atoms with van der Waals surface area (Å²) in [6.07, 6.45) is 0.691. The van der Waals surface area contributed by atoms with E-state index in [9.17, 15) is 18.0 Å². The molecule has 1 aliphatic rings. The van der Waals surface area contributed by atoms with Gasteiger partial charge in [-0.15, -0.1) is 0 Å². The van der Waals surface area contributed by atoms with Crippen LogP contribution in [0.15, 0.2) is 67.0 Å². The Labute approximate surface area is 227 Å². The molecule has 0 bridgehead atoms. The number of nitriles is 1. The van der Waals surface area contributed by atoms with Crippen LogP contribution < -0.4 is 10.6 Å². The zero-order chi connectivity index (χ0) is 27.6. The van der Waals surface area contributed by atoms with Gasteiger partial charge in [0.25, 0.3) is 5.91 Å². The molecule has 2 N–H and O–H groups in total. The Morgan fingerprint density at radius 3 is 2.72 bits per heavy atom.